The first-order valence-corrected chi connectivity index (χ1v) is 15.5. The van der Waals surface area contributed by atoms with Gasteiger partial charge in [-0.15, -0.1) is 0 Å². The molecule has 0 amide bonds. The number of hydrogen-bond donors (Lipinski definition) is 0. The molecule has 0 aliphatic heterocycles. The van der Waals surface area contributed by atoms with Gasteiger partial charge in [0.25, 0.3) is 0 Å². The van der Waals surface area contributed by atoms with Crippen molar-refractivity contribution in [3.8, 4) is 0 Å². The topological polar surface area (TPSA) is 36.9 Å². The molecule has 0 unspecified atom stereocenters. The minimum Gasteiger partial charge on any atom is -0.376 e. The van der Waals surface area contributed by atoms with E-state index in [0.717, 1.165) is 12.5 Å². The van der Waals surface area contributed by atoms with Crippen LogP contribution in [0.4, 0.5) is 0 Å². The van der Waals surface area contributed by atoms with Gasteiger partial charge >= 0.3 is 0 Å². The molecule has 222 valence electrons. The summed E-state index contributed by atoms with van der Waals surface area (Å²) >= 11 is 0. The first-order chi connectivity index (χ1) is 16.8. The van der Waals surface area contributed by atoms with Gasteiger partial charge in [0.2, 0.25) is 0 Å². The maximum absolute atomic E-state index is 5.80. The summed E-state index contributed by atoms with van der Waals surface area (Å²) < 4.78 is 22.7. The molecule has 0 heterocycles. The molecule has 4 nitrogen and oxygen atoms in total. The summed E-state index contributed by atoms with van der Waals surface area (Å²) in [6.45, 7) is 26.4. The second-order valence-electron chi connectivity index (χ2n) is 15.6. The average Bonchev–Trinajstić information content (AvgIpc) is 3.59. The van der Waals surface area contributed by atoms with E-state index in [0.29, 0.717) is 18.3 Å². The van der Waals surface area contributed by atoms with E-state index in [1.807, 2.05) is 0 Å². The standard InChI is InChI=1S/2C9H18O.C8H16O.C7H14O/c2*1-9(2,3)10-8-6-4-5-7-8;1-8(2,3)9-6-7-4-5-7;1-7(2,3)8-6-4-5-6/h2*8H,4-7H2,1-3H3;7H,4-6H2,1-3H3;6H,4-5H2,1-3H3. The van der Waals surface area contributed by atoms with Crippen molar-refractivity contribution >= 4 is 0 Å². The summed E-state index contributed by atoms with van der Waals surface area (Å²) in [5.41, 5.74) is 0.285. The molecule has 4 saturated carbocycles. The maximum atomic E-state index is 5.80. The van der Waals surface area contributed by atoms with Crippen LogP contribution in [0.2, 0.25) is 0 Å². The molecule has 0 saturated heterocycles. The molecule has 0 aromatic rings. The fourth-order valence-electron chi connectivity index (χ4n) is 4.35. The van der Waals surface area contributed by atoms with Gasteiger partial charge in [-0.2, -0.15) is 0 Å². The zero-order valence-electron chi connectivity index (χ0n) is 27.1. The predicted octanol–water partition coefficient (Wildman–Crippen LogP) is 9.66. The third-order valence-corrected chi connectivity index (χ3v) is 6.14. The van der Waals surface area contributed by atoms with E-state index >= 15 is 0 Å². The van der Waals surface area contributed by atoms with Crippen LogP contribution in [0.1, 0.15) is 160 Å². The Morgan fingerprint density at radius 2 is 0.703 bits per heavy atom. The molecule has 4 aliphatic carbocycles. The molecule has 0 atom stereocenters. The molecule has 0 bridgehead atoms. The van der Waals surface area contributed by atoms with Gasteiger partial charge in [-0.25, -0.2) is 0 Å². The second kappa shape index (κ2) is 15.6. The lowest BCUT2D eigenvalue weighted by molar-refractivity contribution is -0.0562. The van der Waals surface area contributed by atoms with Gasteiger partial charge in [0.15, 0.2) is 0 Å². The van der Waals surface area contributed by atoms with Crippen LogP contribution in [-0.2, 0) is 18.9 Å². The molecule has 4 aliphatic rings. The SMILES string of the molecule is CC(C)(C)OC1CC1.CC(C)(C)OC1CCCC1.CC(C)(C)OC1CCCC1.CC(C)(C)OCC1CC1. The fraction of sp³-hybridized carbons (Fsp3) is 1.00. The highest BCUT2D eigenvalue weighted by Crippen LogP contribution is 2.30. The quantitative estimate of drug-likeness (QED) is 0.357. The first-order valence-electron chi connectivity index (χ1n) is 15.5. The predicted molar refractivity (Wildman–Crippen MR) is 158 cm³/mol. The van der Waals surface area contributed by atoms with Crippen LogP contribution in [0, 0.1) is 5.92 Å². The van der Waals surface area contributed by atoms with E-state index in [1.54, 1.807) is 0 Å². The van der Waals surface area contributed by atoms with Crippen molar-refractivity contribution < 1.29 is 18.9 Å². The molecule has 4 rings (SSSR count). The van der Waals surface area contributed by atoms with Crippen LogP contribution in [0.3, 0.4) is 0 Å². The minimum absolute atomic E-state index is 0.0645. The highest BCUT2D eigenvalue weighted by Gasteiger charge is 2.27. The lowest BCUT2D eigenvalue weighted by Gasteiger charge is -2.24. The van der Waals surface area contributed by atoms with E-state index in [1.165, 1.54) is 77.0 Å². The van der Waals surface area contributed by atoms with Crippen LogP contribution < -0.4 is 0 Å². The van der Waals surface area contributed by atoms with Crippen molar-refractivity contribution in [1.82, 2.24) is 0 Å². The second-order valence-corrected chi connectivity index (χ2v) is 15.6. The zero-order valence-corrected chi connectivity index (χ0v) is 27.1. The lowest BCUT2D eigenvalue weighted by Crippen LogP contribution is -2.25. The van der Waals surface area contributed by atoms with Gasteiger partial charge in [0, 0.05) is 0 Å². The third-order valence-electron chi connectivity index (χ3n) is 6.14. The van der Waals surface area contributed by atoms with Crippen molar-refractivity contribution in [3.05, 3.63) is 0 Å². The Morgan fingerprint density at radius 3 is 0.892 bits per heavy atom. The van der Waals surface area contributed by atoms with Gasteiger partial charge in [-0.3, -0.25) is 0 Å². The molecule has 37 heavy (non-hydrogen) atoms. The largest absolute Gasteiger partial charge is 0.376 e. The summed E-state index contributed by atoms with van der Waals surface area (Å²) in [4.78, 5) is 0. The highest BCUT2D eigenvalue weighted by molar-refractivity contribution is 4.77. The smallest absolute Gasteiger partial charge is 0.0602 e. The van der Waals surface area contributed by atoms with Crippen LogP contribution in [0.15, 0.2) is 0 Å². The fourth-order valence-corrected chi connectivity index (χ4v) is 4.35. The zero-order chi connectivity index (χ0) is 28.3. The monoisotopic (exact) mass is 526 g/mol. The molecule has 0 aromatic carbocycles. The number of hydrogen-bond acceptors (Lipinski definition) is 4. The van der Waals surface area contributed by atoms with E-state index in [-0.39, 0.29) is 22.4 Å². The van der Waals surface area contributed by atoms with Crippen LogP contribution in [0.25, 0.3) is 0 Å². The molecular weight excluding hydrogens is 460 g/mol. The maximum Gasteiger partial charge on any atom is 0.0602 e. The van der Waals surface area contributed by atoms with Crippen molar-refractivity contribution in [2.75, 3.05) is 6.61 Å². The first kappa shape index (κ1) is 34.9. The Labute approximate surface area is 232 Å². The average molecular weight is 527 g/mol. The van der Waals surface area contributed by atoms with E-state index in [9.17, 15) is 0 Å². The van der Waals surface area contributed by atoms with Gasteiger partial charge in [0.1, 0.15) is 0 Å². The molecular formula is C33H66O4. The van der Waals surface area contributed by atoms with Crippen LogP contribution in [-0.4, -0.2) is 47.3 Å². The summed E-state index contributed by atoms with van der Waals surface area (Å²) in [5, 5.41) is 0. The number of ether oxygens (including phenoxy) is 4. The molecule has 0 aromatic heterocycles. The van der Waals surface area contributed by atoms with E-state index in [2.05, 4.69) is 83.1 Å². The normalized spacial score (nSPS) is 21.4. The molecule has 0 radical (unpaired) electrons. The Balaban J connectivity index is 0.000000248. The highest BCUT2D eigenvalue weighted by atomic mass is 16.5. The Morgan fingerprint density at radius 1 is 0.405 bits per heavy atom. The van der Waals surface area contributed by atoms with Crippen molar-refractivity contribution in [1.29, 1.82) is 0 Å². The summed E-state index contributed by atoms with van der Waals surface area (Å²) in [7, 11) is 0. The Bertz CT molecular complexity index is 539. The van der Waals surface area contributed by atoms with Crippen LogP contribution >= 0.6 is 0 Å². The molecule has 4 heteroatoms. The lowest BCUT2D eigenvalue weighted by atomic mass is 10.2. The summed E-state index contributed by atoms with van der Waals surface area (Å²) in [6, 6.07) is 0. The van der Waals surface area contributed by atoms with Crippen molar-refractivity contribution in [2.45, 2.75) is 201 Å². The minimum atomic E-state index is 0.0645. The Kier molecular flexibility index (Phi) is 14.7. The molecule has 0 spiro atoms. The van der Waals surface area contributed by atoms with E-state index in [4.69, 9.17) is 18.9 Å². The van der Waals surface area contributed by atoms with E-state index < -0.39 is 0 Å². The van der Waals surface area contributed by atoms with Gasteiger partial charge in [0.05, 0.1) is 47.3 Å². The summed E-state index contributed by atoms with van der Waals surface area (Å²) in [5.74, 6) is 0.893. The number of rotatable bonds is 5. The van der Waals surface area contributed by atoms with Gasteiger partial charge in [-0.05, 0) is 140 Å². The third kappa shape index (κ3) is 24.6. The van der Waals surface area contributed by atoms with Gasteiger partial charge in [-0.1, -0.05) is 25.7 Å². The van der Waals surface area contributed by atoms with Gasteiger partial charge < -0.3 is 18.9 Å². The Hall–Kier alpha value is -0.160. The molecule has 0 N–H and O–H groups in total. The summed E-state index contributed by atoms with van der Waals surface area (Å²) in [6.07, 6.45) is 17.6. The van der Waals surface area contributed by atoms with Crippen molar-refractivity contribution in [2.24, 2.45) is 5.92 Å². The van der Waals surface area contributed by atoms with Crippen molar-refractivity contribution in [3.63, 3.8) is 0 Å². The van der Waals surface area contributed by atoms with Crippen LogP contribution in [0.5, 0.6) is 0 Å². The molecule has 4 fully saturated rings.